The Balaban J connectivity index is 1.38. The number of aliphatic hydroxyl groups excluding tert-OH is 1. The summed E-state index contributed by atoms with van der Waals surface area (Å²) in [5.41, 5.74) is 0. The maximum Gasteiger partial charge on any atom is 0.319 e. The van der Waals surface area contributed by atoms with Gasteiger partial charge in [0.15, 0.2) is 0 Å². The number of piperidine rings is 1. The van der Waals surface area contributed by atoms with Crippen molar-refractivity contribution in [2.45, 2.75) is 38.4 Å². The molecule has 4 rings (SSSR count). The first-order valence-corrected chi connectivity index (χ1v) is 10.1. The summed E-state index contributed by atoms with van der Waals surface area (Å²) in [5, 5.41) is 9.67. The quantitative estimate of drug-likeness (QED) is 0.782. The molecule has 2 aliphatic rings. The second kappa shape index (κ2) is 9.00. The van der Waals surface area contributed by atoms with Crippen molar-refractivity contribution in [3.63, 3.8) is 0 Å². The van der Waals surface area contributed by atoms with Crippen LogP contribution >= 0.6 is 0 Å². The third kappa shape index (κ3) is 4.48. The molecule has 0 aliphatic carbocycles. The number of anilines is 2. The predicted molar refractivity (Wildman–Crippen MR) is 105 cm³/mol. The van der Waals surface area contributed by atoms with Crippen molar-refractivity contribution in [3.8, 4) is 0 Å². The minimum absolute atomic E-state index is 0.113. The van der Waals surface area contributed by atoms with Crippen molar-refractivity contribution >= 4 is 11.6 Å². The number of nitrogens with zero attached hydrogens (tertiary/aromatic N) is 7. The summed E-state index contributed by atoms with van der Waals surface area (Å²) >= 11 is 0. The number of imidazole rings is 1. The molecule has 8 nitrogen and oxygen atoms in total. The number of hydrogen-bond donors (Lipinski definition) is 1. The Hall–Kier alpha value is -2.33. The van der Waals surface area contributed by atoms with Crippen molar-refractivity contribution in [2.75, 3.05) is 49.1 Å². The SMILES string of the molecule is OCC1CCCCN1c1cc(N2CCN(Cc3nccn3C(F)F)CC2)ncn1. The molecule has 0 spiro atoms. The highest BCUT2D eigenvalue weighted by molar-refractivity contribution is 5.51. The molecule has 2 aromatic heterocycles. The van der Waals surface area contributed by atoms with Crippen LogP contribution in [0.4, 0.5) is 20.4 Å². The molecule has 158 valence electrons. The van der Waals surface area contributed by atoms with Crippen LogP contribution in [0.25, 0.3) is 0 Å². The Bertz CT molecular complexity index is 794. The highest BCUT2D eigenvalue weighted by Gasteiger charge is 2.25. The third-order valence-electron chi connectivity index (χ3n) is 5.79. The van der Waals surface area contributed by atoms with E-state index in [1.165, 1.54) is 12.4 Å². The highest BCUT2D eigenvalue weighted by atomic mass is 19.3. The molecule has 1 N–H and O–H groups in total. The van der Waals surface area contributed by atoms with Crippen molar-refractivity contribution in [3.05, 3.63) is 30.6 Å². The summed E-state index contributed by atoms with van der Waals surface area (Å²) in [6.07, 6.45) is 7.52. The van der Waals surface area contributed by atoms with Crippen LogP contribution in [0.15, 0.2) is 24.8 Å². The van der Waals surface area contributed by atoms with Gasteiger partial charge in [0.05, 0.1) is 19.2 Å². The molecule has 29 heavy (non-hydrogen) atoms. The zero-order valence-corrected chi connectivity index (χ0v) is 16.4. The van der Waals surface area contributed by atoms with Crippen LogP contribution in [-0.4, -0.2) is 74.9 Å². The lowest BCUT2D eigenvalue weighted by Gasteiger charge is -2.37. The molecule has 2 fully saturated rings. The van der Waals surface area contributed by atoms with E-state index in [9.17, 15) is 13.9 Å². The van der Waals surface area contributed by atoms with Gasteiger partial charge in [-0.2, -0.15) is 8.78 Å². The van der Waals surface area contributed by atoms with Crippen LogP contribution in [-0.2, 0) is 6.54 Å². The average Bonchev–Trinajstić information content (AvgIpc) is 3.23. The molecule has 2 aromatic rings. The molecule has 0 amide bonds. The first-order valence-electron chi connectivity index (χ1n) is 10.1. The number of aliphatic hydroxyl groups is 1. The van der Waals surface area contributed by atoms with Gasteiger partial charge in [-0.15, -0.1) is 0 Å². The Morgan fingerprint density at radius 1 is 1.03 bits per heavy atom. The first kappa shape index (κ1) is 20.0. The molecule has 1 unspecified atom stereocenters. The van der Waals surface area contributed by atoms with Gasteiger partial charge in [0, 0.05) is 51.2 Å². The van der Waals surface area contributed by atoms with E-state index in [4.69, 9.17) is 0 Å². The Kier molecular flexibility index (Phi) is 6.19. The largest absolute Gasteiger partial charge is 0.394 e. The van der Waals surface area contributed by atoms with E-state index in [-0.39, 0.29) is 12.6 Å². The lowest BCUT2D eigenvalue weighted by atomic mass is 10.0. The molecule has 2 aliphatic heterocycles. The van der Waals surface area contributed by atoms with E-state index in [1.807, 2.05) is 6.07 Å². The van der Waals surface area contributed by atoms with E-state index < -0.39 is 6.55 Å². The molecular weight excluding hydrogens is 380 g/mol. The van der Waals surface area contributed by atoms with Gasteiger partial charge in [-0.05, 0) is 19.3 Å². The van der Waals surface area contributed by atoms with Gasteiger partial charge in [0.25, 0.3) is 0 Å². The number of halogens is 2. The van der Waals surface area contributed by atoms with E-state index in [0.29, 0.717) is 12.4 Å². The van der Waals surface area contributed by atoms with Crippen LogP contribution in [0, 0.1) is 0 Å². The van der Waals surface area contributed by atoms with Crippen LogP contribution < -0.4 is 9.80 Å². The van der Waals surface area contributed by atoms with E-state index in [1.54, 1.807) is 6.33 Å². The first-order chi connectivity index (χ1) is 14.2. The van der Waals surface area contributed by atoms with Gasteiger partial charge < -0.3 is 14.9 Å². The number of hydrogen-bond acceptors (Lipinski definition) is 7. The number of rotatable bonds is 6. The van der Waals surface area contributed by atoms with E-state index in [2.05, 4.69) is 29.7 Å². The molecule has 0 aromatic carbocycles. The number of alkyl halides is 2. The third-order valence-corrected chi connectivity index (χ3v) is 5.79. The Morgan fingerprint density at radius 3 is 2.59 bits per heavy atom. The molecule has 10 heteroatoms. The predicted octanol–water partition coefficient (Wildman–Crippen LogP) is 1.74. The molecule has 4 heterocycles. The summed E-state index contributed by atoms with van der Waals surface area (Å²) in [4.78, 5) is 19.4. The summed E-state index contributed by atoms with van der Waals surface area (Å²) in [6, 6.07) is 2.11. The normalized spacial score (nSPS) is 21.2. The maximum atomic E-state index is 13.0. The second-order valence-corrected chi connectivity index (χ2v) is 7.55. The van der Waals surface area contributed by atoms with Crippen molar-refractivity contribution in [2.24, 2.45) is 0 Å². The molecular formula is C19H27F2N7O. The van der Waals surface area contributed by atoms with Gasteiger partial charge in [-0.1, -0.05) is 0 Å². The Labute approximate surface area is 168 Å². The number of piperazine rings is 1. The van der Waals surface area contributed by atoms with E-state index in [0.717, 1.165) is 68.2 Å². The maximum absolute atomic E-state index is 13.0. The lowest BCUT2D eigenvalue weighted by Crippen LogP contribution is -2.47. The zero-order chi connectivity index (χ0) is 20.2. The van der Waals surface area contributed by atoms with Crippen molar-refractivity contribution in [1.82, 2.24) is 24.4 Å². The average molecular weight is 407 g/mol. The monoisotopic (exact) mass is 407 g/mol. The smallest absolute Gasteiger partial charge is 0.319 e. The molecule has 2 saturated heterocycles. The minimum atomic E-state index is -2.56. The van der Waals surface area contributed by atoms with Gasteiger partial charge in [-0.3, -0.25) is 9.47 Å². The van der Waals surface area contributed by atoms with Crippen LogP contribution in [0.3, 0.4) is 0 Å². The van der Waals surface area contributed by atoms with Crippen molar-refractivity contribution < 1.29 is 13.9 Å². The van der Waals surface area contributed by atoms with Crippen molar-refractivity contribution in [1.29, 1.82) is 0 Å². The fraction of sp³-hybridized carbons (Fsp3) is 0.632. The highest BCUT2D eigenvalue weighted by Crippen LogP contribution is 2.26. The number of aromatic nitrogens is 4. The lowest BCUT2D eigenvalue weighted by molar-refractivity contribution is 0.0636. The van der Waals surface area contributed by atoms with E-state index >= 15 is 0 Å². The summed E-state index contributed by atoms with van der Waals surface area (Å²) in [7, 11) is 0. The van der Waals surface area contributed by atoms with Crippen LogP contribution in [0.5, 0.6) is 0 Å². The summed E-state index contributed by atoms with van der Waals surface area (Å²) in [6.45, 7) is 1.89. The van der Waals surface area contributed by atoms with Crippen LogP contribution in [0.1, 0.15) is 31.6 Å². The topological polar surface area (TPSA) is 73.6 Å². The van der Waals surface area contributed by atoms with Gasteiger partial charge in [0.1, 0.15) is 23.8 Å². The molecule has 0 saturated carbocycles. The second-order valence-electron chi connectivity index (χ2n) is 7.55. The molecule has 0 radical (unpaired) electrons. The fourth-order valence-electron chi connectivity index (χ4n) is 4.14. The molecule has 1 atom stereocenters. The Morgan fingerprint density at radius 2 is 1.83 bits per heavy atom. The van der Waals surface area contributed by atoms with Crippen LogP contribution in [0.2, 0.25) is 0 Å². The summed E-state index contributed by atoms with van der Waals surface area (Å²) in [5.74, 6) is 2.11. The molecule has 0 bridgehead atoms. The van der Waals surface area contributed by atoms with Gasteiger partial charge in [0.2, 0.25) is 0 Å². The minimum Gasteiger partial charge on any atom is -0.394 e. The van der Waals surface area contributed by atoms with Gasteiger partial charge in [-0.25, -0.2) is 15.0 Å². The zero-order valence-electron chi connectivity index (χ0n) is 16.4. The summed E-state index contributed by atoms with van der Waals surface area (Å²) < 4.78 is 26.9. The standard InChI is InChI=1S/C19H27F2N7O/c20-19(21)28-6-4-22-18(28)12-25-7-9-26(10-8-25)16-11-17(24-14-23-16)27-5-2-1-3-15(27)13-29/h4,6,11,14-15,19,29H,1-3,5,7-10,12-13H2. The van der Waals surface area contributed by atoms with Gasteiger partial charge >= 0.3 is 6.55 Å². The fourth-order valence-corrected chi connectivity index (χ4v) is 4.14.